The van der Waals surface area contributed by atoms with Crippen molar-refractivity contribution in [1.29, 1.82) is 0 Å². The summed E-state index contributed by atoms with van der Waals surface area (Å²) in [5.74, 6) is -0.0914. The Labute approximate surface area is 198 Å². The molecule has 3 heterocycles. The fourth-order valence-corrected chi connectivity index (χ4v) is 4.43. The molecule has 1 aliphatic heterocycles. The molecule has 2 unspecified atom stereocenters. The van der Waals surface area contributed by atoms with E-state index in [2.05, 4.69) is 9.97 Å². The van der Waals surface area contributed by atoms with Crippen molar-refractivity contribution in [1.82, 2.24) is 19.4 Å². The van der Waals surface area contributed by atoms with Crippen molar-refractivity contribution < 1.29 is 9.53 Å². The maximum Gasteiger partial charge on any atom is 0.330 e. The first-order chi connectivity index (χ1) is 16.2. The molecule has 2 atom stereocenters. The first-order valence-corrected chi connectivity index (χ1v) is 11.8. The molecule has 0 radical (unpaired) electrons. The molecule has 2 aromatic heterocycles. The van der Waals surface area contributed by atoms with Gasteiger partial charge >= 0.3 is 5.69 Å². The van der Waals surface area contributed by atoms with Crippen molar-refractivity contribution in [3.05, 3.63) is 74.1 Å². The number of benzene rings is 1. The van der Waals surface area contributed by atoms with E-state index >= 15 is 0 Å². The Balaban J connectivity index is 1.85. The first kappa shape index (κ1) is 23.9. The fourth-order valence-electron chi connectivity index (χ4n) is 4.43. The molecular formula is C26H32N4O4. The van der Waals surface area contributed by atoms with Crippen molar-refractivity contribution in [2.45, 2.75) is 59.3 Å². The second-order valence-electron chi connectivity index (χ2n) is 9.77. The summed E-state index contributed by atoms with van der Waals surface area (Å²) in [6.45, 7) is 11.0. The molecule has 180 valence electrons. The summed E-state index contributed by atoms with van der Waals surface area (Å²) in [7, 11) is 0. The Kier molecular flexibility index (Phi) is 6.70. The molecule has 1 amide bonds. The van der Waals surface area contributed by atoms with E-state index in [1.165, 1.54) is 4.57 Å². The van der Waals surface area contributed by atoms with Crippen LogP contribution in [0.5, 0.6) is 0 Å². The smallest absolute Gasteiger partial charge is 0.330 e. The zero-order chi connectivity index (χ0) is 24.6. The van der Waals surface area contributed by atoms with Crippen LogP contribution in [0.15, 0.2) is 46.0 Å². The zero-order valence-corrected chi connectivity index (χ0v) is 20.4. The summed E-state index contributed by atoms with van der Waals surface area (Å²) < 4.78 is 7.59. The van der Waals surface area contributed by atoms with Gasteiger partial charge in [-0.15, -0.1) is 0 Å². The summed E-state index contributed by atoms with van der Waals surface area (Å²) >= 11 is 0. The van der Waals surface area contributed by atoms with Gasteiger partial charge in [0.1, 0.15) is 6.10 Å². The second kappa shape index (κ2) is 9.54. The van der Waals surface area contributed by atoms with Gasteiger partial charge < -0.3 is 9.64 Å². The number of pyridine rings is 1. The largest absolute Gasteiger partial charge is 0.367 e. The molecule has 8 heteroatoms. The van der Waals surface area contributed by atoms with Crippen LogP contribution in [-0.4, -0.2) is 44.5 Å². The van der Waals surface area contributed by atoms with Gasteiger partial charge in [0, 0.05) is 18.8 Å². The number of amides is 1. The van der Waals surface area contributed by atoms with Crippen molar-refractivity contribution in [2.24, 2.45) is 5.92 Å². The van der Waals surface area contributed by atoms with Crippen molar-refractivity contribution in [3.8, 4) is 0 Å². The van der Waals surface area contributed by atoms with Gasteiger partial charge in [0.15, 0.2) is 5.65 Å². The number of aromatic nitrogens is 3. The number of carbonyl (C=O) groups excluding carboxylic acids is 1. The number of hydrogen-bond acceptors (Lipinski definition) is 5. The predicted octanol–water partition coefficient (Wildman–Crippen LogP) is 3.47. The minimum absolute atomic E-state index is 0.0125. The highest BCUT2D eigenvalue weighted by molar-refractivity contribution is 6.05. The molecule has 0 bridgehead atoms. The molecule has 0 spiro atoms. The standard InChI is InChI=1S/C26H32N4O4/c1-15(2)12-30-23-22(24(31)28-26(30)33)19(11-20(27-23)16(3)4)25(32)29-13-17(5)34-21(14-29)18-9-7-6-8-10-18/h6-11,15-17,21H,12-14H2,1-5H3,(H,28,31,33). The van der Waals surface area contributed by atoms with Gasteiger partial charge in [-0.3, -0.25) is 19.1 Å². The third kappa shape index (κ3) is 4.68. The number of rotatable bonds is 5. The Bertz CT molecular complexity index is 1310. The molecule has 4 rings (SSSR count). The summed E-state index contributed by atoms with van der Waals surface area (Å²) in [5.41, 5.74) is 1.10. The van der Waals surface area contributed by atoms with Crippen LogP contribution in [0.1, 0.15) is 68.3 Å². The highest BCUT2D eigenvalue weighted by atomic mass is 16.5. The van der Waals surface area contributed by atoms with Crippen LogP contribution in [0.4, 0.5) is 0 Å². The first-order valence-electron chi connectivity index (χ1n) is 11.8. The van der Waals surface area contributed by atoms with Crippen LogP contribution in [-0.2, 0) is 11.3 Å². The van der Waals surface area contributed by atoms with E-state index in [0.29, 0.717) is 25.3 Å². The molecular weight excluding hydrogens is 432 g/mol. The number of hydrogen-bond donors (Lipinski definition) is 1. The Hall–Kier alpha value is -3.26. The minimum Gasteiger partial charge on any atom is -0.367 e. The molecule has 0 saturated carbocycles. The van der Waals surface area contributed by atoms with Crippen LogP contribution in [0.25, 0.3) is 11.0 Å². The van der Waals surface area contributed by atoms with Crippen LogP contribution in [0.2, 0.25) is 0 Å². The summed E-state index contributed by atoms with van der Waals surface area (Å²) in [4.78, 5) is 48.3. The zero-order valence-electron chi connectivity index (χ0n) is 20.4. The van der Waals surface area contributed by atoms with Gasteiger partial charge in [0.05, 0.1) is 23.6 Å². The van der Waals surface area contributed by atoms with Crippen LogP contribution >= 0.6 is 0 Å². The Morgan fingerprint density at radius 3 is 2.50 bits per heavy atom. The maximum absolute atomic E-state index is 13.9. The van der Waals surface area contributed by atoms with Gasteiger partial charge in [-0.05, 0) is 30.4 Å². The predicted molar refractivity (Wildman–Crippen MR) is 131 cm³/mol. The van der Waals surface area contributed by atoms with E-state index in [1.54, 1.807) is 11.0 Å². The highest BCUT2D eigenvalue weighted by Gasteiger charge is 2.32. The average Bonchev–Trinajstić information content (AvgIpc) is 2.80. The normalized spacial score (nSPS) is 18.7. The Morgan fingerprint density at radius 1 is 1.15 bits per heavy atom. The number of nitrogens with one attached hydrogen (secondary N) is 1. The van der Waals surface area contributed by atoms with E-state index in [9.17, 15) is 14.4 Å². The molecule has 1 fully saturated rings. The number of H-pyrrole nitrogens is 1. The molecule has 3 aromatic rings. The molecule has 1 N–H and O–H groups in total. The maximum atomic E-state index is 13.9. The van der Waals surface area contributed by atoms with E-state index in [1.807, 2.05) is 65.0 Å². The Morgan fingerprint density at radius 2 is 1.85 bits per heavy atom. The van der Waals surface area contributed by atoms with Crippen molar-refractivity contribution in [3.63, 3.8) is 0 Å². The number of fused-ring (bicyclic) bond motifs is 1. The number of ether oxygens (including phenoxy) is 1. The number of morpholine rings is 1. The van der Waals surface area contributed by atoms with Gasteiger partial charge in [-0.1, -0.05) is 58.0 Å². The quantitative estimate of drug-likeness (QED) is 0.624. The van der Waals surface area contributed by atoms with Crippen molar-refractivity contribution in [2.75, 3.05) is 13.1 Å². The van der Waals surface area contributed by atoms with Gasteiger partial charge in [0.25, 0.3) is 11.5 Å². The SMILES string of the molecule is CC(C)Cn1c(=O)[nH]c(=O)c2c(C(=O)N3CC(C)OC(c4ccccc4)C3)cc(C(C)C)nc21. The van der Waals surface area contributed by atoms with Gasteiger partial charge in [-0.2, -0.15) is 0 Å². The lowest BCUT2D eigenvalue weighted by Gasteiger charge is -2.37. The minimum atomic E-state index is -0.591. The summed E-state index contributed by atoms with van der Waals surface area (Å²) in [6, 6.07) is 11.5. The van der Waals surface area contributed by atoms with Crippen LogP contribution in [0.3, 0.4) is 0 Å². The highest BCUT2D eigenvalue weighted by Crippen LogP contribution is 2.28. The summed E-state index contributed by atoms with van der Waals surface area (Å²) in [5, 5.41) is 0.157. The molecule has 1 aliphatic rings. The topological polar surface area (TPSA) is 97.3 Å². The number of carbonyl (C=O) groups is 1. The number of nitrogens with zero attached hydrogens (tertiary/aromatic N) is 3. The molecule has 0 aliphatic carbocycles. The van der Waals surface area contributed by atoms with Gasteiger partial charge in [-0.25, -0.2) is 9.78 Å². The number of aromatic amines is 1. The second-order valence-corrected chi connectivity index (χ2v) is 9.77. The lowest BCUT2D eigenvalue weighted by Crippen LogP contribution is -2.46. The van der Waals surface area contributed by atoms with E-state index in [0.717, 1.165) is 5.56 Å². The lowest BCUT2D eigenvalue weighted by atomic mass is 10.0. The van der Waals surface area contributed by atoms with Crippen molar-refractivity contribution >= 4 is 16.9 Å². The monoisotopic (exact) mass is 464 g/mol. The molecule has 1 aromatic carbocycles. The average molecular weight is 465 g/mol. The summed E-state index contributed by atoms with van der Waals surface area (Å²) in [6.07, 6.45) is -0.429. The molecule has 8 nitrogen and oxygen atoms in total. The molecule has 34 heavy (non-hydrogen) atoms. The van der Waals surface area contributed by atoms with E-state index in [-0.39, 0.29) is 46.5 Å². The third-order valence-corrected chi connectivity index (χ3v) is 6.06. The molecule has 1 saturated heterocycles. The van der Waals surface area contributed by atoms with Crippen LogP contribution < -0.4 is 11.2 Å². The van der Waals surface area contributed by atoms with E-state index in [4.69, 9.17) is 4.74 Å². The fraction of sp³-hybridized carbons (Fsp3) is 0.462. The third-order valence-electron chi connectivity index (χ3n) is 6.06. The lowest BCUT2D eigenvalue weighted by molar-refractivity contribution is -0.0691. The van der Waals surface area contributed by atoms with E-state index < -0.39 is 11.2 Å². The van der Waals surface area contributed by atoms with Crippen LogP contribution in [0, 0.1) is 5.92 Å². The van der Waals surface area contributed by atoms with Gasteiger partial charge in [0.2, 0.25) is 0 Å².